The van der Waals surface area contributed by atoms with Crippen LogP contribution >= 0.6 is 0 Å². The van der Waals surface area contributed by atoms with Gasteiger partial charge < -0.3 is 16.4 Å². The van der Waals surface area contributed by atoms with E-state index in [1.165, 1.54) is 0 Å². The van der Waals surface area contributed by atoms with E-state index < -0.39 is 0 Å². The van der Waals surface area contributed by atoms with Crippen LogP contribution in [0.1, 0.15) is 34.1 Å². The van der Waals surface area contributed by atoms with Crippen LogP contribution in [0.3, 0.4) is 0 Å². The quantitative estimate of drug-likeness (QED) is 0.384. The number of nitrogens with one attached hydrogen (secondary N) is 3. The van der Waals surface area contributed by atoms with Crippen LogP contribution < -0.4 is 16.4 Å². The summed E-state index contributed by atoms with van der Waals surface area (Å²) in [5.41, 5.74) is 5.31. The van der Waals surface area contributed by atoms with Gasteiger partial charge in [0.2, 0.25) is 0 Å². The van der Waals surface area contributed by atoms with Gasteiger partial charge in [-0.3, -0.25) is 5.41 Å². The Kier molecular flexibility index (Phi) is 4.77. The van der Waals surface area contributed by atoms with Crippen molar-refractivity contribution in [2.45, 2.75) is 45.7 Å². The van der Waals surface area contributed by atoms with Gasteiger partial charge in [-0.15, -0.1) is 0 Å². The lowest BCUT2D eigenvalue weighted by molar-refractivity contribution is 0.360. The van der Waals surface area contributed by atoms with Gasteiger partial charge in [-0.1, -0.05) is 0 Å². The minimum Gasteiger partial charge on any atom is -0.370 e. The average molecular weight is 186 g/mol. The maximum absolute atomic E-state index is 6.96. The minimum absolute atomic E-state index is 0.0444. The number of guanidine groups is 1. The molecule has 5 N–H and O–H groups in total. The van der Waals surface area contributed by atoms with Gasteiger partial charge in [0.1, 0.15) is 0 Å². The molecule has 0 rings (SSSR count). The molecular formula is C9H22N4. The first-order valence-electron chi connectivity index (χ1n) is 4.67. The predicted molar refractivity (Wildman–Crippen MR) is 56.9 cm³/mol. The second-order valence-electron chi connectivity index (χ2n) is 4.42. The summed E-state index contributed by atoms with van der Waals surface area (Å²) >= 11 is 0. The van der Waals surface area contributed by atoms with Crippen LogP contribution in [0.2, 0.25) is 0 Å². The van der Waals surface area contributed by atoms with E-state index in [1.54, 1.807) is 0 Å². The van der Waals surface area contributed by atoms with E-state index >= 15 is 0 Å². The maximum atomic E-state index is 6.96. The molecule has 4 heteroatoms. The second kappa shape index (κ2) is 5.07. The van der Waals surface area contributed by atoms with Crippen molar-refractivity contribution in [2.24, 2.45) is 5.73 Å². The number of rotatable bonds is 4. The van der Waals surface area contributed by atoms with E-state index in [0.29, 0.717) is 6.04 Å². The summed E-state index contributed by atoms with van der Waals surface area (Å²) in [6, 6.07) is 0.437. The fourth-order valence-electron chi connectivity index (χ4n) is 1.23. The van der Waals surface area contributed by atoms with E-state index in [-0.39, 0.29) is 11.5 Å². The molecule has 78 valence electrons. The average Bonchev–Trinajstić information content (AvgIpc) is 1.81. The molecule has 1 unspecified atom stereocenters. The summed E-state index contributed by atoms with van der Waals surface area (Å²) in [4.78, 5) is 0. The molecule has 0 saturated carbocycles. The molecule has 13 heavy (non-hydrogen) atoms. The van der Waals surface area contributed by atoms with Crippen LogP contribution in [-0.4, -0.2) is 24.1 Å². The molecule has 0 aliphatic rings. The highest BCUT2D eigenvalue weighted by molar-refractivity contribution is 5.74. The molecule has 0 aromatic rings. The van der Waals surface area contributed by atoms with E-state index in [0.717, 1.165) is 13.0 Å². The van der Waals surface area contributed by atoms with Crippen molar-refractivity contribution in [2.75, 3.05) is 6.54 Å². The lowest BCUT2D eigenvalue weighted by Gasteiger charge is -2.26. The molecule has 0 aromatic carbocycles. The van der Waals surface area contributed by atoms with Crippen molar-refractivity contribution in [3.63, 3.8) is 0 Å². The summed E-state index contributed by atoms with van der Waals surface area (Å²) < 4.78 is 0. The van der Waals surface area contributed by atoms with E-state index in [1.807, 2.05) is 0 Å². The highest BCUT2D eigenvalue weighted by atomic mass is 15.0. The van der Waals surface area contributed by atoms with Crippen molar-refractivity contribution in [3.05, 3.63) is 0 Å². The number of nitrogens with two attached hydrogens (primary N) is 1. The standard InChI is InChI=1S/C9H22N4/c1-7(13-9(2,3)4)5-6-12-8(10)11/h7,13H,5-6H2,1-4H3,(H4,10,11,12). The molecule has 0 radical (unpaired) electrons. The molecule has 0 spiro atoms. The van der Waals surface area contributed by atoms with Crippen LogP contribution in [0.5, 0.6) is 0 Å². The molecule has 0 aliphatic heterocycles. The monoisotopic (exact) mass is 186 g/mol. The van der Waals surface area contributed by atoms with Crippen molar-refractivity contribution in [1.29, 1.82) is 5.41 Å². The third-order valence-corrected chi connectivity index (χ3v) is 1.57. The first-order chi connectivity index (χ1) is 5.81. The molecule has 0 bridgehead atoms. The zero-order chi connectivity index (χ0) is 10.5. The Morgan fingerprint density at radius 2 is 2.00 bits per heavy atom. The van der Waals surface area contributed by atoms with Gasteiger partial charge in [0.15, 0.2) is 5.96 Å². The Hall–Kier alpha value is -0.770. The smallest absolute Gasteiger partial charge is 0.185 e. The first-order valence-corrected chi connectivity index (χ1v) is 4.67. The Labute approximate surface area is 80.8 Å². The largest absolute Gasteiger partial charge is 0.370 e. The van der Waals surface area contributed by atoms with Crippen LogP contribution in [0.15, 0.2) is 0 Å². The van der Waals surface area contributed by atoms with Gasteiger partial charge in [-0.25, -0.2) is 0 Å². The highest BCUT2D eigenvalue weighted by Crippen LogP contribution is 2.02. The van der Waals surface area contributed by atoms with Gasteiger partial charge in [-0.2, -0.15) is 0 Å². The Balaban J connectivity index is 3.52. The SMILES string of the molecule is CC(CCNC(=N)N)NC(C)(C)C. The topological polar surface area (TPSA) is 73.9 Å². The van der Waals surface area contributed by atoms with Crippen LogP contribution in [-0.2, 0) is 0 Å². The molecule has 4 nitrogen and oxygen atoms in total. The zero-order valence-electron chi connectivity index (χ0n) is 9.07. The Morgan fingerprint density at radius 3 is 2.38 bits per heavy atom. The van der Waals surface area contributed by atoms with Crippen molar-refractivity contribution in [1.82, 2.24) is 10.6 Å². The lowest BCUT2D eigenvalue weighted by atomic mass is 10.1. The fourth-order valence-corrected chi connectivity index (χ4v) is 1.23. The lowest BCUT2D eigenvalue weighted by Crippen LogP contribution is -2.44. The normalized spacial score (nSPS) is 13.8. The zero-order valence-corrected chi connectivity index (χ0v) is 9.07. The fraction of sp³-hybridized carbons (Fsp3) is 0.889. The van der Waals surface area contributed by atoms with E-state index in [9.17, 15) is 0 Å². The Bertz CT molecular complexity index is 159. The molecule has 1 atom stereocenters. The summed E-state index contributed by atoms with van der Waals surface area (Å²) in [7, 11) is 0. The molecule has 0 aliphatic carbocycles. The van der Waals surface area contributed by atoms with Gasteiger partial charge in [0.05, 0.1) is 0 Å². The third kappa shape index (κ3) is 9.14. The molecule has 0 aromatic heterocycles. The van der Waals surface area contributed by atoms with E-state index in [4.69, 9.17) is 11.1 Å². The third-order valence-electron chi connectivity index (χ3n) is 1.57. The maximum Gasteiger partial charge on any atom is 0.185 e. The number of hydrogen-bond donors (Lipinski definition) is 4. The van der Waals surface area contributed by atoms with Crippen molar-refractivity contribution < 1.29 is 0 Å². The minimum atomic E-state index is 0.0444. The molecule has 0 heterocycles. The van der Waals surface area contributed by atoms with Crippen molar-refractivity contribution in [3.8, 4) is 0 Å². The summed E-state index contributed by atoms with van der Waals surface area (Å²) in [6.07, 6.45) is 0.969. The van der Waals surface area contributed by atoms with Crippen molar-refractivity contribution >= 4 is 5.96 Å². The van der Waals surface area contributed by atoms with Crippen LogP contribution in [0.4, 0.5) is 0 Å². The summed E-state index contributed by atoms with van der Waals surface area (Å²) in [6.45, 7) is 9.30. The Morgan fingerprint density at radius 1 is 1.46 bits per heavy atom. The van der Waals surface area contributed by atoms with Gasteiger partial charge in [-0.05, 0) is 34.1 Å². The van der Waals surface area contributed by atoms with E-state index in [2.05, 4.69) is 38.3 Å². The predicted octanol–water partition coefficient (Wildman–Crippen LogP) is 0.636. The highest BCUT2D eigenvalue weighted by Gasteiger charge is 2.12. The molecule has 0 fully saturated rings. The van der Waals surface area contributed by atoms with Crippen LogP contribution in [0, 0.1) is 5.41 Å². The summed E-state index contributed by atoms with van der Waals surface area (Å²) in [5.74, 6) is 0.0444. The first kappa shape index (κ1) is 12.2. The molecule has 0 amide bonds. The number of hydrogen-bond acceptors (Lipinski definition) is 2. The van der Waals surface area contributed by atoms with Crippen LogP contribution in [0.25, 0.3) is 0 Å². The second-order valence-corrected chi connectivity index (χ2v) is 4.42. The van der Waals surface area contributed by atoms with Gasteiger partial charge >= 0.3 is 0 Å². The van der Waals surface area contributed by atoms with Gasteiger partial charge in [0, 0.05) is 18.1 Å². The summed E-state index contributed by atoms with van der Waals surface area (Å²) in [5, 5.41) is 13.2. The van der Waals surface area contributed by atoms with Gasteiger partial charge in [0.25, 0.3) is 0 Å². The molecular weight excluding hydrogens is 164 g/mol. The molecule has 0 saturated heterocycles.